The summed E-state index contributed by atoms with van der Waals surface area (Å²) in [4.78, 5) is 18.9. The van der Waals surface area contributed by atoms with E-state index in [0.29, 0.717) is 27.6 Å². The Labute approximate surface area is 200 Å². The van der Waals surface area contributed by atoms with Crippen LogP contribution in [0.25, 0.3) is 17.1 Å². The lowest BCUT2D eigenvalue weighted by Crippen LogP contribution is -2.32. The number of amides is 1. The quantitative estimate of drug-likeness (QED) is 0.311. The normalized spacial score (nSPS) is 10.8. The Bertz CT molecular complexity index is 1220. The first-order valence-electron chi connectivity index (χ1n) is 9.88. The van der Waals surface area contributed by atoms with Crippen LogP contribution in [-0.2, 0) is 4.79 Å². The number of hydrogen-bond donors (Lipinski definition) is 0. The van der Waals surface area contributed by atoms with E-state index in [2.05, 4.69) is 15.2 Å². The van der Waals surface area contributed by atoms with Crippen LogP contribution in [0.1, 0.15) is 6.92 Å². The van der Waals surface area contributed by atoms with Crippen molar-refractivity contribution in [3.05, 3.63) is 83.1 Å². The highest BCUT2D eigenvalue weighted by Crippen LogP contribution is 2.31. The van der Waals surface area contributed by atoms with Gasteiger partial charge in [-0.05, 0) is 49.4 Å². The average molecular weight is 484 g/mol. The van der Waals surface area contributed by atoms with Crippen molar-refractivity contribution < 1.29 is 4.79 Å². The largest absolute Gasteiger partial charge is 0.312 e. The van der Waals surface area contributed by atoms with Gasteiger partial charge >= 0.3 is 0 Å². The summed E-state index contributed by atoms with van der Waals surface area (Å²) in [7, 11) is 0. The Morgan fingerprint density at radius 2 is 1.84 bits per heavy atom. The van der Waals surface area contributed by atoms with Gasteiger partial charge in [-0.2, -0.15) is 0 Å². The number of para-hydroxylation sites is 1. The van der Waals surface area contributed by atoms with Crippen LogP contribution in [-0.4, -0.2) is 38.0 Å². The number of anilines is 1. The number of carbonyl (C=O) groups is 1. The number of hydrogen-bond acceptors (Lipinski definition) is 5. The molecule has 4 aromatic rings. The summed E-state index contributed by atoms with van der Waals surface area (Å²) >= 11 is 13.7. The molecule has 0 aliphatic heterocycles. The van der Waals surface area contributed by atoms with Gasteiger partial charge in [0.2, 0.25) is 5.91 Å². The smallest absolute Gasteiger partial charge is 0.237 e. The molecule has 0 unspecified atom stereocenters. The number of aromatic nitrogens is 4. The van der Waals surface area contributed by atoms with Gasteiger partial charge in [-0.25, -0.2) is 0 Å². The minimum absolute atomic E-state index is 0.0182. The lowest BCUT2D eigenvalue weighted by atomic mass is 10.2. The van der Waals surface area contributed by atoms with E-state index in [1.165, 1.54) is 11.8 Å². The zero-order valence-corrected chi connectivity index (χ0v) is 19.5. The maximum atomic E-state index is 13.0. The van der Waals surface area contributed by atoms with Crippen molar-refractivity contribution in [3.8, 4) is 17.1 Å². The topological polar surface area (TPSA) is 63.9 Å². The van der Waals surface area contributed by atoms with Gasteiger partial charge in [0.1, 0.15) is 0 Å². The summed E-state index contributed by atoms with van der Waals surface area (Å²) < 4.78 is 1.86. The fourth-order valence-electron chi connectivity index (χ4n) is 3.22. The van der Waals surface area contributed by atoms with Gasteiger partial charge in [0.25, 0.3) is 0 Å². The predicted octanol–water partition coefficient (Wildman–Crippen LogP) is 5.78. The maximum Gasteiger partial charge on any atom is 0.237 e. The summed E-state index contributed by atoms with van der Waals surface area (Å²) in [6.45, 7) is 2.53. The molecule has 32 heavy (non-hydrogen) atoms. The Balaban J connectivity index is 1.66. The molecule has 0 saturated carbocycles. The minimum atomic E-state index is -0.0182. The summed E-state index contributed by atoms with van der Waals surface area (Å²) in [6, 6.07) is 18.6. The van der Waals surface area contributed by atoms with Gasteiger partial charge in [-0.15, -0.1) is 10.2 Å². The Hall–Kier alpha value is -2.87. The van der Waals surface area contributed by atoms with Crippen molar-refractivity contribution >= 4 is 46.6 Å². The number of pyridine rings is 1. The number of nitrogens with zero attached hydrogens (tertiary/aromatic N) is 5. The second kappa shape index (κ2) is 10.2. The first kappa shape index (κ1) is 22.3. The molecule has 0 fully saturated rings. The molecule has 0 radical (unpaired) electrons. The molecular weight excluding hydrogens is 465 g/mol. The van der Waals surface area contributed by atoms with Crippen molar-refractivity contribution in [1.82, 2.24) is 19.7 Å². The molecule has 2 aromatic heterocycles. The van der Waals surface area contributed by atoms with Crippen LogP contribution in [0.15, 0.2) is 78.2 Å². The summed E-state index contributed by atoms with van der Waals surface area (Å²) in [5, 5.41) is 10.2. The fraction of sp³-hybridized carbons (Fsp3) is 0.130. The number of thioether (sulfide) groups is 1. The van der Waals surface area contributed by atoms with E-state index >= 15 is 0 Å². The van der Waals surface area contributed by atoms with Crippen LogP contribution >= 0.6 is 35.0 Å². The van der Waals surface area contributed by atoms with Crippen LogP contribution in [0.4, 0.5) is 5.69 Å². The summed E-state index contributed by atoms with van der Waals surface area (Å²) in [5.41, 5.74) is 2.40. The van der Waals surface area contributed by atoms with Gasteiger partial charge in [0.15, 0.2) is 11.0 Å². The third-order valence-electron chi connectivity index (χ3n) is 4.72. The predicted molar refractivity (Wildman–Crippen MR) is 130 cm³/mol. The monoisotopic (exact) mass is 483 g/mol. The van der Waals surface area contributed by atoms with Crippen LogP contribution < -0.4 is 4.90 Å². The van der Waals surface area contributed by atoms with Crippen molar-refractivity contribution in [3.63, 3.8) is 0 Å². The lowest BCUT2D eigenvalue weighted by molar-refractivity contribution is -0.116. The van der Waals surface area contributed by atoms with Crippen molar-refractivity contribution in [2.45, 2.75) is 12.1 Å². The first-order valence-corrected chi connectivity index (χ1v) is 11.6. The first-order chi connectivity index (χ1) is 15.6. The average Bonchev–Trinajstić information content (AvgIpc) is 3.25. The second-order valence-corrected chi connectivity index (χ2v) is 8.50. The third-order valence-corrected chi connectivity index (χ3v) is 6.38. The number of rotatable bonds is 7. The van der Waals surface area contributed by atoms with Gasteiger partial charge in [0, 0.05) is 30.2 Å². The highest BCUT2D eigenvalue weighted by molar-refractivity contribution is 7.99. The molecule has 0 aliphatic carbocycles. The van der Waals surface area contributed by atoms with E-state index in [9.17, 15) is 4.79 Å². The lowest BCUT2D eigenvalue weighted by Gasteiger charge is -2.20. The third kappa shape index (κ3) is 4.80. The Morgan fingerprint density at radius 1 is 1.03 bits per heavy atom. The van der Waals surface area contributed by atoms with E-state index in [4.69, 9.17) is 23.2 Å². The van der Waals surface area contributed by atoms with Crippen molar-refractivity contribution in [1.29, 1.82) is 0 Å². The van der Waals surface area contributed by atoms with E-state index in [1.54, 1.807) is 29.4 Å². The van der Waals surface area contributed by atoms with E-state index in [-0.39, 0.29) is 11.7 Å². The molecule has 0 atom stereocenters. The van der Waals surface area contributed by atoms with Crippen LogP contribution in [0.5, 0.6) is 0 Å². The maximum absolute atomic E-state index is 13.0. The van der Waals surface area contributed by atoms with Gasteiger partial charge < -0.3 is 4.90 Å². The molecule has 1 amide bonds. The molecule has 2 heterocycles. The molecule has 2 aromatic carbocycles. The van der Waals surface area contributed by atoms with Gasteiger partial charge in [0.05, 0.1) is 21.5 Å². The van der Waals surface area contributed by atoms with E-state index < -0.39 is 0 Å². The molecule has 9 heteroatoms. The molecule has 162 valence electrons. The fourth-order valence-corrected chi connectivity index (χ4v) is 4.34. The van der Waals surface area contributed by atoms with Gasteiger partial charge in [-0.1, -0.05) is 53.2 Å². The van der Waals surface area contributed by atoms with Crippen LogP contribution in [0.3, 0.4) is 0 Å². The zero-order valence-electron chi connectivity index (χ0n) is 17.2. The Morgan fingerprint density at radius 3 is 2.53 bits per heavy atom. The van der Waals surface area contributed by atoms with Crippen LogP contribution in [0, 0.1) is 0 Å². The molecular formula is C23H19Cl2N5OS. The minimum Gasteiger partial charge on any atom is -0.312 e. The molecule has 0 aliphatic rings. The van der Waals surface area contributed by atoms with Gasteiger partial charge in [-0.3, -0.25) is 14.3 Å². The molecule has 0 spiro atoms. The summed E-state index contributed by atoms with van der Waals surface area (Å²) in [5.74, 6) is 0.784. The Kier molecular flexibility index (Phi) is 7.09. The zero-order chi connectivity index (χ0) is 22.5. The number of halogens is 2. The molecule has 0 N–H and O–H groups in total. The molecule has 0 bridgehead atoms. The highest BCUT2D eigenvalue weighted by Gasteiger charge is 2.20. The van der Waals surface area contributed by atoms with Crippen molar-refractivity contribution in [2.75, 3.05) is 17.2 Å². The standard InChI is InChI=1S/C23H19Cl2N5OS/c1-2-29(17-8-4-3-5-9-17)21(31)15-32-23-28-27-22(16-7-6-12-26-14-16)30(23)18-10-11-19(24)20(25)13-18/h3-14H,2,15H2,1H3. The SMILES string of the molecule is CCN(C(=O)CSc1nnc(-c2cccnc2)n1-c1ccc(Cl)c(Cl)c1)c1ccccc1. The number of benzene rings is 2. The van der Waals surface area contributed by atoms with Crippen molar-refractivity contribution in [2.24, 2.45) is 0 Å². The second-order valence-electron chi connectivity index (χ2n) is 6.74. The van der Waals surface area contributed by atoms with E-state index in [0.717, 1.165) is 16.9 Å². The molecule has 0 saturated heterocycles. The summed E-state index contributed by atoms with van der Waals surface area (Å²) in [6.07, 6.45) is 3.41. The van der Waals surface area contributed by atoms with E-state index in [1.807, 2.05) is 60.0 Å². The molecule has 4 rings (SSSR count). The highest BCUT2D eigenvalue weighted by atomic mass is 35.5. The number of carbonyl (C=O) groups excluding carboxylic acids is 1. The molecule has 6 nitrogen and oxygen atoms in total. The van der Waals surface area contributed by atoms with Crippen LogP contribution in [0.2, 0.25) is 10.0 Å².